The highest BCUT2D eigenvalue weighted by Crippen LogP contribution is 2.07. The van der Waals surface area contributed by atoms with Gasteiger partial charge in [0.05, 0.1) is 6.10 Å². The molecular weight excluding hydrogens is 218 g/mol. The molecule has 6 nitrogen and oxygen atoms in total. The number of hydrogen-bond donors (Lipinski definition) is 3. The summed E-state index contributed by atoms with van der Waals surface area (Å²) < 4.78 is 0. The van der Waals surface area contributed by atoms with Gasteiger partial charge in [-0.25, -0.2) is 0 Å². The van der Waals surface area contributed by atoms with E-state index < -0.39 is 0 Å². The van der Waals surface area contributed by atoms with E-state index in [0.29, 0.717) is 30.7 Å². The van der Waals surface area contributed by atoms with Crippen molar-refractivity contribution in [2.75, 3.05) is 17.6 Å². The first-order valence-electron chi connectivity index (χ1n) is 5.89. The lowest BCUT2D eigenvalue weighted by atomic mass is 10.1. The second kappa shape index (κ2) is 6.34. The minimum absolute atomic E-state index is 0.232. The third-order valence-corrected chi connectivity index (χ3v) is 2.14. The monoisotopic (exact) mass is 239 g/mol. The van der Waals surface area contributed by atoms with E-state index in [0.717, 1.165) is 6.42 Å². The Morgan fingerprint density at radius 3 is 2.53 bits per heavy atom. The number of hydrogen-bond acceptors (Lipinski definition) is 6. The Bertz CT molecular complexity index is 354. The van der Waals surface area contributed by atoms with E-state index >= 15 is 0 Å². The third-order valence-electron chi connectivity index (χ3n) is 2.14. The summed E-state index contributed by atoms with van der Waals surface area (Å²) in [5.41, 5.74) is 5.62. The Morgan fingerprint density at radius 1 is 1.24 bits per heavy atom. The molecule has 1 heterocycles. The van der Waals surface area contributed by atoms with E-state index in [1.54, 1.807) is 6.92 Å². The zero-order valence-electron chi connectivity index (χ0n) is 10.6. The van der Waals surface area contributed by atoms with E-state index in [-0.39, 0.29) is 12.1 Å². The number of rotatable bonds is 6. The first kappa shape index (κ1) is 13.6. The van der Waals surface area contributed by atoms with Crippen LogP contribution in [0.25, 0.3) is 0 Å². The van der Waals surface area contributed by atoms with Gasteiger partial charge in [-0.15, -0.1) is 0 Å². The van der Waals surface area contributed by atoms with Crippen molar-refractivity contribution in [3.8, 4) is 0 Å². The van der Waals surface area contributed by atoms with Gasteiger partial charge < -0.3 is 16.2 Å². The molecule has 0 aliphatic carbocycles. The molecule has 0 fully saturated rings. The number of anilines is 2. The number of nitrogens with one attached hydrogen (secondary N) is 1. The van der Waals surface area contributed by atoms with Crippen molar-refractivity contribution in [2.24, 2.45) is 5.92 Å². The van der Waals surface area contributed by atoms with E-state index in [1.807, 2.05) is 0 Å². The molecule has 17 heavy (non-hydrogen) atoms. The lowest BCUT2D eigenvalue weighted by Gasteiger charge is -2.09. The zero-order valence-corrected chi connectivity index (χ0v) is 10.6. The maximum absolute atomic E-state index is 9.14. The highest BCUT2D eigenvalue weighted by molar-refractivity contribution is 5.30. The molecule has 0 saturated carbocycles. The minimum Gasteiger partial charge on any atom is -0.393 e. The topological polar surface area (TPSA) is 97.0 Å². The molecule has 0 amide bonds. The summed E-state index contributed by atoms with van der Waals surface area (Å²) in [6.45, 7) is 6.55. The summed E-state index contributed by atoms with van der Waals surface area (Å²) in [6, 6.07) is 0. The highest BCUT2D eigenvalue weighted by Gasteiger charge is 2.06. The summed E-state index contributed by atoms with van der Waals surface area (Å²) in [4.78, 5) is 12.4. The molecule has 0 spiro atoms. The van der Waals surface area contributed by atoms with Crippen LogP contribution in [0.5, 0.6) is 0 Å². The molecule has 0 radical (unpaired) electrons. The average Bonchev–Trinajstić information content (AvgIpc) is 2.14. The van der Waals surface area contributed by atoms with Gasteiger partial charge in [-0.3, -0.25) is 0 Å². The van der Waals surface area contributed by atoms with Crippen molar-refractivity contribution in [1.29, 1.82) is 0 Å². The Kier molecular flexibility index (Phi) is 5.09. The molecule has 1 aromatic heterocycles. The Balaban J connectivity index is 2.62. The number of aromatic nitrogens is 3. The SMILES string of the molecule is CC(C)Cc1nc(N)nc(NCCC(C)O)n1. The molecule has 1 rings (SSSR count). The molecular formula is C11H21N5O. The largest absolute Gasteiger partial charge is 0.393 e. The maximum atomic E-state index is 9.14. The van der Waals surface area contributed by atoms with Crippen LogP contribution in [0.2, 0.25) is 0 Å². The maximum Gasteiger partial charge on any atom is 0.227 e. The van der Waals surface area contributed by atoms with Crippen LogP contribution in [0.4, 0.5) is 11.9 Å². The van der Waals surface area contributed by atoms with Crippen LogP contribution in [0.1, 0.15) is 33.0 Å². The van der Waals surface area contributed by atoms with Gasteiger partial charge in [-0.1, -0.05) is 13.8 Å². The molecule has 0 aliphatic rings. The van der Waals surface area contributed by atoms with Crippen LogP contribution in [-0.4, -0.2) is 32.7 Å². The second-order valence-electron chi connectivity index (χ2n) is 4.60. The second-order valence-corrected chi connectivity index (χ2v) is 4.60. The number of aliphatic hydroxyl groups excluding tert-OH is 1. The predicted octanol–water partition coefficient (Wildman–Crippen LogP) is 0.835. The van der Waals surface area contributed by atoms with Crippen molar-refractivity contribution >= 4 is 11.9 Å². The molecule has 1 aromatic rings. The fourth-order valence-corrected chi connectivity index (χ4v) is 1.37. The van der Waals surface area contributed by atoms with Crippen LogP contribution in [0.15, 0.2) is 0 Å². The summed E-state index contributed by atoms with van der Waals surface area (Å²) in [5.74, 6) is 1.89. The summed E-state index contributed by atoms with van der Waals surface area (Å²) in [7, 11) is 0. The number of aliphatic hydroxyl groups is 1. The molecule has 1 atom stereocenters. The van der Waals surface area contributed by atoms with Crippen LogP contribution in [-0.2, 0) is 6.42 Å². The summed E-state index contributed by atoms with van der Waals surface area (Å²) >= 11 is 0. The van der Waals surface area contributed by atoms with Crippen molar-refractivity contribution in [3.63, 3.8) is 0 Å². The summed E-state index contributed by atoms with van der Waals surface area (Å²) in [6.07, 6.45) is 1.08. The van der Waals surface area contributed by atoms with Gasteiger partial charge in [0.25, 0.3) is 0 Å². The van der Waals surface area contributed by atoms with Crippen molar-refractivity contribution < 1.29 is 5.11 Å². The molecule has 4 N–H and O–H groups in total. The van der Waals surface area contributed by atoms with Crippen LogP contribution in [0, 0.1) is 5.92 Å². The van der Waals surface area contributed by atoms with Crippen molar-refractivity contribution in [2.45, 2.75) is 39.7 Å². The van der Waals surface area contributed by atoms with Gasteiger partial charge in [0, 0.05) is 13.0 Å². The molecule has 0 saturated heterocycles. The van der Waals surface area contributed by atoms with Gasteiger partial charge in [0.2, 0.25) is 11.9 Å². The number of nitrogen functional groups attached to an aromatic ring is 1. The summed E-state index contributed by atoms with van der Waals surface area (Å²) in [5, 5.41) is 12.2. The Hall–Kier alpha value is -1.43. The molecule has 1 unspecified atom stereocenters. The van der Waals surface area contributed by atoms with Crippen molar-refractivity contribution in [1.82, 2.24) is 15.0 Å². The first-order chi connectivity index (χ1) is 7.97. The fourth-order valence-electron chi connectivity index (χ4n) is 1.37. The number of nitrogens with two attached hydrogens (primary N) is 1. The number of nitrogens with zero attached hydrogens (tertiary/aromatic N) is 3. The normalized spacial score (nSPS) is 12.8. The van der Waals surface area contributed by atoms with Gasteiger partial charge >= 0.3 is 0 Å². The van der Waals surface area contributed by atoms with Gasteiger partial charge in [-0.05, 0) is 19.3 Å². The average molecular weight is 239 g/mol. The molecule has 96 valence electrons. The van der Waals surface area contributed by atoms with Gasteiger partial charge in [0.1, 0.15) is 5.82 Å². The van der Waals surface area contributed by atoms with Crippen LogP contribution in [0.3, 0.4) is 0 Å². The molecule has 0 bridgehead atoms. The lowest BCUT2D eigenvalue weighted by Crippen LogP contribution is -2.14. The van der Waals surface area contributed by atoms with E-state index in [2.05, 4.69) is 34.1 Å². The Morgan fingerprint density at radius 2 is 1.94 bits per heavy atom. The van der Waals surface area contributed by atoms with E-state index in [1.165, 1.54) is 0 Å². The zero-order chi connectivity index (χ0) is 12.8. The van der Waals surface area contributed by atoms with Gasteiger partial charge in [-0.2, -0.15) is 15.0 Å². The minimum atomic E-state index is -0.336. The van der Waals surface area contributed by atoms with Crippen molar-refractivity contribution in [3.05, 3.63) is 5.82 Å². The molecule has 0 aliphatic heterocycles. The first-order valence-corrected chi connectivity index (χ1v) is 5.89. The Labute approximate surface area is 102 Å². The lowest BCUT2D eigenvalue weighted by molar-refractivity contribution is 0.188. The standard InChI is InChI=1S/C11H21N5O/c1-7(2)6-9-14-10(12)16-11(15-9)13-5-4-8(3)17/h7-8,17H,4-6H2,1-3H3,(H3,12,13,14,15,16). The highest BCUT2D eigenvalue weighted by atomic mass is 16.3. The van der Waals surface area contributed by atoms with E-state index in [4.69, 9.17) is 10.8 Å². The smallest absolute Gasteiger partial charge is 0.227 e. The van der Waals surface area contributed by atoms with Gasteiger partial charge in [0.15, 0.2) is 0 Å². The fraction of sp³-hybridized carbons (Fsp3) is 0.727. The third kappa shape index (κ3) is 5.44. The predicted molar refractivity (Wildman–Crippen MR) is 67.6 cm³/mol. The van der Waals surface area contributed by atoms with Crippen LogP contribution < -0.4 is 11.1 Å². The molecule has 6 heteroatoms. The van der Waals surface area contributed by atoms with Crippen LogP contribution >= 0.6 is 0 Å². The quantitative estimate of drug-likeness (QED) is 0.680. The van der Waals surface area contributed by atoms with E-state index in [9.17, 15) is 0 Å². The molecule has 0 aromatic carbocycles.